The van der Waals surface area contributed by atoms with Gasteiger partial charge in [0.25, 0.3) is 0 Å². The van der Waals surface area contributed by atoms with Crippen molar-refractivity contribution in [2.75, 3.05) is 25.3 Å². The summed E-state index contributed by atoms with van der Waals surface area (Å²) < 4.78 is 49.8. The third-order valence-corrected chi connectivity index (χ3v) is 6.33. The van der Waals surface area contributed by atoms with Gasteiger partial charge < -0.3 is 15.2 Å². The van der Waals surface area contributed by atoms with Gasteiger partial charge in [-0.2, -0.15) is 5.10 Å². The Morgan fingerprint density at radius 3 is 2.78 bits per heavy atom. The number of benzene rings is 1. The third kappa shape index (κ3) is 3.34. The molecule has 1 aliphatic rings. The van der Waals surface area contributed by atoms with Gasteiger partial charge in [0.15, 0.2) is 16.9 Å². The van der Waals surface area contributed by atoms with Crippen molar-refractivity contribution in [3.05, 3.63) is 65.8 Å². The molecule has 6 rings (SSSR count). The summed E-state index contributed by atoms with van der Waals surface area (Å²) in [5.74, 6) is 0.728. The predicted octanol–water partition coefficient (Wildman–Crippen LogP) is 2.65. The van der Waals surface area contributed by atoms with E-state index < -0.39 is 19.0 Å². The first kappa shape index (κ1) is 22.2. The van der Waals surface area contributed by atoms with Gasteiger partial charge in [-0.1, -0.05) is 0 Å². The quantitative estimate of drug-likeness (QED) is 0.354. The van der Waals surface area contributed by atoms with Crippen molar-refractivity contribution < 1.29 is 23.0 Å². The average molecular weight is 496 g/mol. The zero-order valence-electron chi connectivity index (χ0n) is 18.7. The van der Waals surface area contributed by atoms with Crippen LogP contribution in [0.2, 0.25) is 0 Å². The number of nitrogens with zero attached hydrogens (tertiary/aromatic N) is 7. The van der Waals surface area contributed by atoms with Gasteiger partial charge >= 0.3 is 0 Å². The highest BCUT2D eigenvalue weighted by molar-refractivity contribution is 5.86. The fourth-order valence-corrected chi connectivity index (χ4v) is 4.46. The number of halogens is 3. The molecule has 0 fully saturated rings. The lowest BCUT2D eigenvalue weighted by atomic mass is 10.0. The van der Waals surface area contributed by atoms with Crippen LogP contribution in [0.5, 0.6) is 5.75 Å². The van der Waals surface area contributed by atoms with Crippen molar-refractivity contribution in [3.63, 3.8) is 0 Å². The van der Waals surface area contributed by atoms with Crippen LogP contribution in [-0.2, 0) is 18.6 Å². The average Bonchev–Trinajstić information content (AvgIpc) is 3.67. The molecule has 13 heteroatoms. The van der Waals surface area contributed by atoms with Gasteiger partial charge in [-0.3, -0.25) is 4.40 Å². The molecule has 0 amide bonds. The number of fused-ring (bicyclic) bond motifs is 3. The highest BCUT2D eigenvalue weighted by Gasteiger charge is 2.33. The second kappa shape index (κ2) is 8.45. The lowest BCUT2D eigenvalue weighted by Crippen LogP contribution is -2.33. The van der Waals surface area contributed by atoms with E-state index in [2.05, 4.69) is 30.6 Å². The number of anilines is 1. The molecule has 0 spiro atoms. The number of ether oxygens (including phenoxy) is 1. The summed E-state index contributed by atoms with van der Waals surface area (Å²) in [6, 6.07) is 5.96. The molecule has 0 bridgehead atoms. The summed E-state index contributed by atoms with van der Waals surface area (Å²) in [7, 11) is 0. The van der Waals surface area contributed by atoms with Gasteiger partial charge in [0, 0.05) is 41.4 Å². The minimum atomic E-state index is -2.35. The molecule has 4 aromatic heterocycles. The Morgan fingerprint density at radius 2 is 1.94 bits per heavy atom. The molecule has 0 atom stereocenters. The first-order chi connectivity index (χ1) is 17.5. The number of hydrogen-bond acceptors (Lipinski definition) is 8. The van der Waals surface area contributed by atoms with Crippen molar-refractivity contribution in [3.8, 4) is 16.9 Å². The molecule has 0 radical (unpaired) electrons. The van der Waals surface area contributed by atoms with E-state index in [-0.39, 0.29) is 23.7 Å². The lowest BCUT2D eigenvalue weighted by molar-refractivity contribution is -0.0165. The van der Waals surface area contributed by atoms with Gasteiger partial charge in [0.2, 0.25) is 5.95 Å². The fraction of sp³-hybridized carbons (Fsp3) is 0.261. The van der Waals surface area contributed by atoms with Gasteiger partial charge in [-0.15, -0.1) is 10.2 Å². The van der Waals surface area contributed by atoms with E-state index in [0.29, 0.717) is 47.1 Å². The normalized spacial score (nSPS) is 13.3. The first-order valence-corrected chi connectivity index (χ1v) is 11.1. The molecule has 0 saturated carbocycles. The van der Waals surface area contributed by atoms with Crippen molar-refractivity contribution in [2.24, 2.45) is 0 Å². The summed E-state index contributed by atoms with van der Waals surface area (Å²) in [4.78, 5) is 8.69. The second-order valence-electron chi connectivity index (χ2n) is 8.40. The van der Waals surface area contributed by atoms with Gasteiger partial charge in [-0.05, 0) is 24.3 Å². The predicted molar refractivity (Wildman–Crippen MR) is 122 cm³/mol. The Morgan fingerprint density at radius 1 is 1.08 bits per heavy atom. The van der Waals surface area contributed by atoms with E-state index in [1.807, 2.05) is 0 Å². The molecule has 1 aliphatic heterocycles. The minimum absolute atomic E-state index is 0.0751. The van der Waals surface area contributed by atoms with Crippen LogP contribution in [-0.4, -0.2) is 59.2 Å². The SMILES string of the molecule is OC(CF)(CF)c1ccc(-c2cnc(NCc3c(F)ccc4c3CCO4)n3cnnc23)c2ncnn12. The maximum Gasteiger partial charge on any atom is 0.210 e. The Balaban J connectivity index is 1.39. The van der Waals surface area contributed by atoms with Crippen LogP contribution in [0.25, 0.3) is 22.4 Å². The standard InChI is InChI=1S/C23H19F3N8O2/c24-9-23(35,10-25)19-4-1-14(20-29-11-31-34(19)20)16-8-28-22(33-12-30-32-21(16)33)27-7-15-13-5-6-36-18(13)3-2-17(15)26/h1-4,8,11-12,35H,5-7,9-10H2,(H,27,28). The van der Waals surface area contributed by atoms with Crippen LogP contribution in [0.4, 0.5) is 19.1 Å². The summed E-state index contributed by atoms with van der Waals surface area (Å²) in [6.07, 6.45) is 4.85. The first-order valence-electron chi connectivity index (χ1n) is 11.1. The molecule has 0 unspecified atom stereocenters. The van der Waals surface area contributed by atoms with E-state index in [4.69, 9.17) is 4.74 Å². The Hall–Kier alpha value is -4.26. The topological polar surface area (TPSA) is 115 Å². The van der Waals surface area contributed by atoms with E-state index >= 15 is 0 Å². The van der Waals surface area contributed by atoms with Gasteiger partial charge in [0.1, 0.15) is 37.6 Å². The molecule has 2 N–H and O–H groups in total. The molecular formula is C23H19F3N8O2. The van der Waals surface area contributed by atoms with Crippen LogP contribution in [0.1, 0.15) is 16.8 Å². The van der Waals surface area contributed by atoms with E-state index in [1.54, 1.807) is 22.7 Å². The van der Waals surface area contributed by atoms with Crippen molar-refractivity contribution in [1.82, 2.24) is 34.2 Å². The second-order valence-corrected chi connectivity index (χ2v) is 8.40. The van der Waals surface area contributed by atoms with Crippen LogP contribution < -0.4 is 10.1 Å². The molecule has 1 aromatic carbocycles. The highest BCUT2D eigenvalue weighted by Crippen LogP contribution is 2.33. The fourth-order valence-electron chi connectivity index (χ4n) is 4.46. The Bertz CT molecular complexity index is 1600. The molecule has 0 saturated heterocycles. The van der Waals surface area contributed by atoms with E-state index in [0.717, 1.165) is 5.56 Å². The Labute approximate surface area is 201 Å². The lowest BCUT2D eigenvalue weighted by Gasteiger charge is -2.22. The van der Waals surface area contributed by atoms with E-state index in [9.17, 15) is 18.3 Å². The molecule has 5 aromatic rings. The van der Waals surface area contributed by atoms with Crippen LogP contribution in [0.15, 0.2) is 43.1 Å². The molecule has 184 valence electrons. The number of aromatic nitrogens is 7. The zero-order chi connectivity index (χ0) is 24.9. The third-order valence-electron chi connectivity index (χ3n) is 6.33. The summed E-state index contributed by atoms with van der Waals surface area (Å²) in [5.41, 5.74) is 0.610. The number of alkyl halides is 2. The minimum Gasteiger partial charge on any atom is -0.493 e. The molecule has 0 aliphatic carbocycles. The molecule has 5 heterocycles. The van der Waals surface area contributed by atoms with Crippen molar-refractivity contribution in [1.29, 1.82) is 0 Å². The van der Waals surface area contributed by atoms with Crippen LogP contribution in [0.3, 0.4) is 0 Å². The summed E-state index contributed by atoms with van der Waals surface area (Å²) in [6.45, 7) is -1.97. The monoisotopic (exact) mass is 496 g/mol. The van der Waals surface area contributed by atoms with Gasteiger partial charge in [0.05, 0.1) is 12.3 Å². The molecular weight excluding hydrogens is 477 g/mol. The number of nitrogens with one attached hydrogen (secondary N) is 1. The number of aliphatic hydroxyl groups is 1. The number of rotatable bonds is 7. The largest absolute Gasteiger partial charge is 0.493 e. The highest BCUT2D eigenvalue weighted by atomic mass is 19.1. The maximum atomic E-state index is 14.5. The van der Waals surface area contributed by atoms with Crippen LogP contribution >= 0.6 is 0 Å². The smallest absolute Gasteiger partial charge is 0.210 e. The zero-order valence-corrected chi connectivity index (χ0v) is 18.7. The molecule has 10 nitrogen and oxygen atoms in total. The van der Waals surface area contributed by atoms with Gasteiger partial charge in [-0.25, -0.2) is 27.7 Å². The number of hydrogen-bond donors (Lipinski definition) is 2. The van der Waals surface area contributed by atoms with Crippen molar-refractivity contribution in [2.45, 2.75) is 18.6 Å². The Kier molecular flexibility index (Phi) is 5.21. The van der Waals surface area contributed by atoms with Crippen molar-refractivity contribution >= 4 is 17.2 Å². The van der Waals surface area contributed by atoms with E-state index in [1.165, 1.54) is 29.3 Å². The number of pyridine rings is 1. The maximum absolute atomic E-state index is 14.5. The van der Waals surface area contributed by atoms with Crippen LogP contribution in [0, 0.1) is 5.82 Å². The summed E-state index contributed by atoms with van der Waals surface area (Å²) >= 11 is 0. The summed E-state index contributed by atoms with van der Waals surface area (Å²) in [5, 5.41) is 25.7. The molecule has 36 heavy (non-hydrogen) atoms.